The van der Waals surface area contributed by atoms with Crippen LogP contribution in [-0.2, 0) is 26.7 Å². The molecule has 0 unspecified atom stereocenters. The fourth-order valence-electron chi connectivity index (χ4n) is 1.20. The Bertz CT molecular complexity index is 560. The van der Waals surface area contributed by atoms with Crippen LogP contribution in [0.25, 0.3) is 0 Å². The first-order valence-corrected chi connectivity index (χ1v) is 7.23. The number of hydrogen-bond acceptors (Lipinski definition) is 5. The lowest BCUT2D eigenvalue weighted by atomic mass is 10.1. The van der Waals surface area contributed by atoms with E-state index in [2.05, 4.69) is 0 Å². The van der Waals surface area contributed by atoms with Crippen molar-refractivity contribution in [2.24, 2.45) is 5.73 Å². The molecule has 0 aliphatic heterocycles. The molecule has 0 radical (unpaired) electrons. The van der Waals surface area contributed by atoms with Crippen molar-refractivity contribution in [2.45, 2.75) is 10.6 Å². The van der Waals surface area contributed by atoms with Crippen molar-refractivity contribution < 1.29 is 25.9 Å². The van der Waals surface area contributed by atoms with E-state index in [9.17, 15) is 16.8 Å². The largest absolute Gasteiger partial charge is 0.301 e. The molecule has 0 aliphatic carbocycles. The molecule has 0 saturated heterocycles. The average molecular weight is 281 g/mol. The monoisotopic (exact) mass is 281 g/mol. The zero-order valence-electron chi connectivity index (χ0n) is 8.52. The lowest BCUT2D eigenvalue weighted by Gasteiger charge is -2.22. The molecule has 0 amide bonds. The number of nitrogens with two attached hydrogens (primary N) is 1. The first-order chi connectivity index (χ1) is 7.58. The molecule has 0 fully saturated rings. The summed E-state index contributed by atoms with van der Waals surface area (Å²) in [5.74, 6) is 0. The number of rotatable bonds is 4. The summed E-state index contributed by atoms with van der Waals surface area (Å²) in [7, 11) is -10.4. The van der Waals surface area contributed by atoms with Crippen LogP contribution < -0.4 is 5.73 Å². The Balaban J connectivity index is 3.30. The second-order valence-electron chi connectivity index (χ2n) is 3.42. The highest BCUT2D eigenvalue weighted by Gasteiger charge is 2.51. The molecule has 0 atom stereocenters. The van der Waals surface area contributed by atoms with Crippen LogP contribution >= 0.6 is 0 Å². The summed E-state index contributed by atoms with van der Waals surface area (Å²) in [5, 5.41) is 0. The van der Waals surface area contributed by atoms with Gasteiger partial charge in [-0.15, -0.1) is 0 Å². The summed E-state index contributed by atoms with van der Waals surface area (Å²) in [5.41, 5.74) is 5.35. The van der Waals surface area contributed by atoms with Gasteiger partial charge in [-0.25, -0.2) is 0 Å². The lowest BCUT2D eigenvalue weighted by molar-refractivity contribution is 0.422. The van der Waals surface area contributed by atoms with Gasteiger partial charge in [-0.2, -0.15) is 16.8 Å². The van der Waals surface area contributed by atoms with Crippen molar-refractivity contribution in [1.29, 1.82) is 0 Å². The zero-order chi connectivity index (χ0) is 13.3. The first kappa shape index (κ1) is 14.1. The quantitative estimate of drug-likeness (QED) is 0.640. The molecule has 1 aromatic rings. The molecule has 0 spiro atoms. The predicted octanol–water partition coefficient (Wildman–Crippen LogP) is -0.383. The summed E-state index contributed by atoms with van der Waals surface area (Å²) < 4.78 is 58.5. The summed E-state index contributed by atoms with van der Waals surface area (Å²) in [4.78, 5) is 0. The van der Waals surface area contributed by atoms with E-state index in [1.54, 1.807) is 6.07 Å². The van der Waals surface area contributed by atoms with Crippen molar-refractivity contribution in [3.8, 4) is 0 Å². The van der Waals surface area contributed by atoms with E-state index >= 15 is 0 Å². The van der Waals surface area contributed by atoms with E-state index in [1.165, 1.54) is 24.3 Å². The van der Waals surface area contributed by atoms with Crippen molar-refractivity contribution in [3.63, 3.8) is 0 Å². The van der Waals surface area contributed by atoms with Crippen LogP contribution in [0, 0.1) is 0 Å². The fourth-order valence-corrected chi connectivity index (χ4v) is 2.96. The Labute approximate surface area is 98.8 Å². The van der Waals surface area contributed by atoms with Crippen LogP contribution in [-0.4, -0.2) is 30.1 Å². The van der Waals surface area contributed by atoms with Gasteiger partial charge < -0.3 is 0 Å². The van der Waals surface area contributed by atoms with Crippen LogP contribution in [0.5, 0.6) is 0 Å². The SMILES string of the molecule is NC(Cc1ccccc1)(S(=O)(=O)O)S(=O)(=O)O. The number of benzene rings is 1. The smallest absolute Gasteiger partial charge is 0.295 e. The normalized spacial score (nSPS) is 13.6. The first-order valence-electron chi connectivity index (χ1n) is 4.35. The van der Waals surface area contributed by atoms with E-state index in [4.69, 9.17) is 14.8 Å². The molecule has 0 saturated carbocycles. The van der Waals surface area contributed by atoms with Gasteiger partial charge >= 0.3 is 20.2 Å². The molecule has 96 valence electrons. The Kier molecular flexibility index (Phi) is 3.60. The van der Waals surface area contributed by atoms with Gasteiger partial charge in [0.05, 0.1) is 0 Å². The van der Waals surface area contributed by atoms with Gasteiger partial charge in [0, 0.05) is 6.42 Å². The molecule has 4 N–H and O–H groups in total. The molecule has 0 aromatic heterocycles. The molecule has 0 heterocycles. The van der Waals surface area contributed by atoms with E-state index in [0.29, 0.717) is 0 Å². The maximum atomic E-state index is 11.0. The van der Waals surface area contributed by atoms with Gasteiger partial charge in [0.15, 0.2) is 0 Å². The summed E-state index contributed by atoms with van der Waals surface area (Å²) in [6.45, 7) is 0. The van der Waals surface area contributed by atoms with Crippen molar-refractivity contribution >= 4 is 20.2 Å². The topological polar surface area (TPSA) is 135 Å². The highest BCUT2D eigenvalue weighted by Crippen LogP contribution is 2.22. The van der Waals surface area contributed by atoms with Gasteiger partial charge in [-0.1, -0.05) is 30.3 Å². The standard InChI is InChI=1S/C8H11NO6S2/c9-8(16(10,11)12,17(13,14)15)6-7-4-2-1-3-5-7/h1-5H,6,9H2,(H,10,11,12)(H,13,14,15). The minimum atomic E-state index is -5.18. The molecule has 0 aliphatic rings. The van der Waals surface area contributed by atoms with E-state index < -0.39 is 30.9 Å². The minimum absolute atomic E-state index is 0.241. The molecular formula is C8H11NO6S2. The Morgan fingerprint density at radius 2 is 1.41 bits per heavy atom. The second kappa shape index (κ2) is 4.35. The third-order valence-electron chi connectivity index (χ3n) is 2.17. The van der Waals surface area contributed by atoms with Gasteiger partial charge in [-0.3, -0.25) is 14.8 Å². The van der Waals surface area contributed by atoms with Crippen molar-refractivity contribution in [1.82, 2.24) is 0 Å². The Hall–Kier alpha value is -1.00. The molecule has 17 heavy (non-hydrogen) atoms. The van der Waals surface area contributed by atoms with Crippen molar-refractivity contribution in [3.05, 3.63) is 35.9 Å². The van der Waals surface area contributed by atoms with Gasteiger partial charge in [0.25, 0.3) is 4.20 Å². The molecule has 0 bridgehead atoms. The van der Waals surface area contributed by atoms with Crippen molar-refractivity contribution in [2.75, 3.05) is 0 Å². The zero-order valence-corrected chi connectivity index (χ0v) is 10.1. The summed E-state index contributed by atoms with van der Waals surface area (Å²) in [6, 6.07) is 7.52. The average Bonchev–Trinajstić information content (AvgIpc) is 2.15. The van der Waals surface area contributed by atoms with Crippen LogP contribution in [0.2, 0.25) is 0 Å². The highest BCUT2D eigenvalue weighted by molar-refractivity contribution is 8.05. The molecule has 1 rings (SSSR count). The van der Waals surface area contributed by atoms with Crippen LogP contribution in [0.15, 0.2) is 30.3 Å². The van der Waals surface area contributed by atoms with E-state index in [1.807, 2.05) is 0 Å². The molecule has 9 heteroatoms. The third kappa shape index (κ3) is 2.82. The summed E-state index contributed by atoms with van der Waals surface area (Å²) in [6.07, 6.45) is -0.758. The second-order valence-corrected chi connectivity index (χ2v) is 7.04. The molecular weight excluding hydrogens is 270 g/mol. The van der Waals surface area contributed by atoms with Gasteiger partial charge in [0.2, 0.25) is 0 Å². The number of hydrogen-bond donors (Lipinski definition) is 3. The minimum Gasteiger partial charge on any atom is -0.295 e. The van der Waals surface area contributed by atoms with Crippen LogP contribution in [0.1, 0.15) is 5.56 Å². The van der Waals surface area contributed by atoms with Gasteiger partial charge in [-0.05, 0) is 5.56 Å². The molecule has 1 aromatic carbocycles. The lowest BCUT2D eigenvalue weighted by Crippen LogP contribution is -2.55. The molecule has 7 nitrogen and oxygen atoms in total. The fraction of sp³-hybridized carbons (Fsp3) is 0.250. The Morgan fingerprint density at radius 3 is 1.76 bits per heavy atom. The third-order valence-corrected chi connectivity index (χ3v) is 5.47. The predicted molar refractivity (Wildman–Crippen MR) is 60.2 cm³/mol. The van der Waals surface area contributed by atoms with E-state index in [-0.39, 0.29) is 5.56 Å². The maximum Gasteiger partial charge on any atom is 0.301 e. The van der Waals surface area contributed by atoms with Crippen LogP contribution in [0.4, 0.5) is 0 Å². The van der Waals surface area contributed by atoms with E-state index in [0.717, 1.165) is 0 Å². The van der Waals surface area contributed by atoms with Crippen LogP contribution in [0.3, 0.4) is 0 Å². The van der Waals surface area contributed by atoms with Gasteiger partial charge in [0.1, 0.15) is 0 Å². The Morgan fingerprint density at radius 1 is 1.00 bits per heavy atom. The highest BCUT2D eigenvalue weighted by atomic mass is 32.3. The maximum absolute atomic E-state index is 11.0. The summed E-state index contributed by atoms with van der Waals surface area (Å²) >= 11 is 0.